The molecule has 0 spiro atoms. The number of aromatic nitrogens is 1. The van der Waals surface area contributed by atoms with Gasteiger partial charge in [-0.2, -0.15) is 0 Å². The molecule has 0 aliphatic carbocycles. The van der Waals surface area contributed by atoms with Gasteiger partial charge in [0.1, 0.15) is 0 Å². The minimum atomic E-state index is 0.406. The number of aldehydes is 1. The van der Waals surface area contributed by atoms with Crippen molar-refractivity contribution < 1.29 is 4.79 Å². The van der Waals surface area contributed by atoms with Crippen molar-refractivity contribution in [2.75, 3.05) is 19.6 Å². The number of carbonyl (C=O) groups excluding carboxylic acids is 1. The van der Waals surface area contributed by atoms with E-state index in [-0.39, 0.29) is 0 Å². The molecular weight excluding hydrogens is 212 g/mol. The molecule has 0 aliphatic rings. The molecule has 1 heterocycles. The van der Waals surface area contributed by atoms with E-state index in [9.17, 15) is 4.79 Å². The zero-order valence-electron chi connectivity index (χ0n) is 11.7. The molecule has 0 bridgehead atoms. The average molecular weight is 236 g/mol. The van der Waals surface area contributed by atoms with Gasteiger partial charge < -0.3 is 9.47 Å². The zero-order valence-corrected chi connectivity index (χ0v) is 11.7. The molecule has 0 aliphatic heterocycles. The summed E-state index contributed by atoms with van der Waals surface area (Å²) in [6, 6.07) is 2.38. The monoisotopic (exact) mass is 236 g/mol. The Balaban J connectivity index is 2.91. The second-order valence-corrected chi connectivity index (χ2v) is 4.65. The lowest BCUT2D eigenvalue weighted by atomic mass is 10.2. The molecule has 0 N–H and O–H groups in total. The fraction of sp³-hybridized carbons (Fsp3) is 0.643. The number of hydrogen-bond donors (Lipinski definition) is 0. The van der Waals surface area contributed by atoms with Crippen molar-refractivity contribution in [1.82, 2.24) is 9.47 Å². The predicted molar refractivity (Wildman–Crippen MR) is 71.8 cm³/mol. The number of carbonyl (C=O) groups is 1. The van der Waals surface area contributed by atoms with Gasteiger partial charge in [-0.25, -0.2) is 0 Å². The lowest BCUT2D eigenvalue weighted by Gasteiger charge is -2.26. The van der Waals surface area contributed by atoms with Crippen LogP contribution in [-0.2, 0) is 0 Å². The van der Waals surface area contributed by atoms with Crippen molar-refractivity contribution in [2.45, 2.75) is 40.7 Å². The molecule has 1 aromatic rings. The Labute approximate surface area is 104 Å². The number of nitrogens with zero attached hydrogens (tertiary/aromatic N) is 2. The van der Waals surface area contributed by atoms with Crippen LogP contribution in [0.4, 0.5) is 0 Å². The Morgan fingerprint density at radius 3 is 2.35 bits per heavy atom. The highest BCUT2D eigenvalue weighted by Gasteiger charge is 2.15. The summed E-state index contributed by atoms with van der Waals surface area (Å²) in [6.07, 6.45) is 0.947. The first-order chi connectivity index (χ1) is 8.04. The summed E-state index contributed by atoms with van der Waals surface area (Å²) in [5.74, 6) is 0. The molecule has 0 saturated heterocycles. The SMILES string of the molecule is CCN(CC)CC(C)n1c(C)cc(C=O)c1C. The van der Waals surface area contributed by atoms with E-state index in [0.717, 1.165) is 37.2 Å². The molecule has 0 saturated carbocycles. The number of likely N-dealkylation sites (N-methyl/N-ethyl adjacent to an activating group) is 1. The first-order valence-corrected chi connectivity index (χ1v) is 6.41. The standard InChI is InChI=1S/C14H24N2O/c1-6-15(7-2)9-12(4)16-11(3)8-14(10-17)13(16)5/h8,10,12H,6-7,9H2,1-5H3. The van der Waals surface area contributed by atoms with Crippen LogP contribution in [0.1, 0.15) is 48.6 Å². The fourth-order valence-corrected chi connectivity index (χ4v) is 2.54. The minimum absolute atomic E-state index is 0.406. The summed E-state index contributed by atoms with van der Waals surface area (Å²) in [4.78, 5) is 13.3. The highest BCUT2D eigenvalue weighted by molar-refractivity contribution is 5.77. The third-order valence-corrected chi connectivity index (χ3v) is 3.51. The molecule has 3 heteroatoms. The van der Waals surface area contributed by atoms with Crippen LogP contribution in [0, 0.1) is 13.8 Å². The second-order valence-electron chi connectivity index (χ2n) is 4.65. The lowest BCUT2D eigenvalue weighted by molar-refractivity contribution is 0.112. The third kappa shape index (κ3) is 2.97. The van der Waals surface area contributed by atoms with Gasteiger partial charge >= 0.3 is 0 Å². The third-order valence-electron chi connectivity index (χ3n) is 3.51. The van der Waals surface area contributed by atoms with E-state index in [1.807, 2.05) is 13.0 Å². The van der Waals surface area contributed by atoms with Gasteiger partial charge in [0.15, 0.2) is 6.29 Å². The molecule has 0 amide bonds. The summed E-state index contributed by atoms with van der Waals surface area (Å²) >= 11 is 0. The van der Waals surface area contributed by atoms with E-state index >= 15 is 0 Å². The van der Waals surface area contributed by atoms with Crippen LogP contribution in [0.15, 0.2) is 6.07 Å². The van der Waals surface area contributed by atoms with Crippen molar-refractivity contribution in [3.05, 3.63) is 23.0 Å². The summed E-state index contributed by atoms with van der Waals surface area (Å²) in [6.45, 7) is 13.8. The van der Waals surface area contributed by atoms with Crippen LogP contribution in [0.3, 0.4) is 0 Å². The quantitative estimate of drug-likeness (QED) is 0.710. The van der Waals surface area contributed by atoms with Crippen molar-refractivity contribution in [1.29, 1.82) is 0 Å². The van der Waals surface area contributed by atoms with Gasteiger partial charge in [-0.3, -0.25) is 4.79 Å². The van der Waals surface area contributed by atoms with Gasteiger partial charge in [-0.1, -0.05) is 13.8 Å². The molecule has 1 rings (SSSR count). The van der Waals surface area contributed by atoms with Gasteiger partial charge in [-0.05, 0) is 39.9 Å². The molecule has 0 radical (unpaired) electrons. The number of aryl methyl sites for hydroxylation is 1. The van der Waals surface area contributed by atoms with Gasteiger partial charge in [0.2, 0.25) is 0 Å². The molecule has 3 nitrogen and oxygen atoms in total. The van der Waals surface area contributed by atoms with Crippen LogP contribution in [0.2, 0.25) is 0 Å². The first kappa shape index (κ1) is 14.0. The van der Waals surface area contributed by atoms with Crippen molar-refractivity contribution in [3.8, 4) is 0 Å². The highest BCUT2D eigenvalue weighted by atomic mass is 16.1. The van der Waals surface area contributed by atoms with Crippen LogP contribution in [-0.4, -0.2) is 35.4 Å². The van der Waals surface area contributed by atoms with Gasteiger partial charge in [0.05, 0.1) is 0 Å². The van der Waals surface area contributed by atoms with Gasteiger partial charge in [0, 0.05) is 29.5 Å². The van der Waals surface area contributed by atoms with E-state index in [0.29, 0.717) is 6.04 Å². The lowest BCUT2D eigenvalue weighted by Crippen LogP contribution is -2.30. The van der Waals surface area contributed by atoms with E-state index in [1.165, 1.54) is 5.69 Å². The molecule has 1 atom stereocenters. The molecule has 17 heavy (non-hydrogen) atoms. The summed E-state index contributed by atoms with van der Waals surface area (Å²) in [5.41, 5.74) is 3.07. The molecule has 1 unspecified atom stereocenters. The van der Waals surface area contributed by atoms with Crippen molar-refractivity contribution >= 4 is 6.29 Å². The maximum Gasteiger partial charge on any atom is 0.151 e. The van der Waals surface area contributed by atoms with Crippen molar-refractivity contribution in [3.63, 3.8) is 0 Å². The Hall–Kier alpha value is -1.09. The molecule has 0 fully saturated rings. The summed E-state index contributed by atoms with van der Waals surface area (Å²) in [7, 11) is 0. The van der Waals surface area contributed by atoms with Crippen LogP contribution < -0.4 is 0 Å². The minimum Gasteiger partial charge on any atom is -0.344 e. The molecular formula is C14H24N2O. The number of hydrogen-bond acceptors (Lipinski definition) is 2. The van der Waals surface area contributed by atoms with E-state index in [2.05, 4.69) is 37.2 Å². The normalized spacial score (nSPS) is 13.1. The Kier molecular flexibility index (Phi) is 4.94. The Bertz CT molecular complexity index is 378. The second kappa shape index (κ2) is 6.01. The van der Waals surface area contributed by atoms with E-state index < -0.39 is 0 Å². The zero-order chi connectivity index (χ0) is 13.0. The molecule has 1 aromatic heterocycles. The maximum atomic E-state index is 10.9. The van der Waals surface area contributed by atoms with Crippen LogP contribution >= 0.6 is 0 Å². The summed E-state index contributed by atoms with van der Waals surface area (Å²) < 4.78 is 2.27. The summed E-state index contributed by atoms with van der Waals surface area (Å²) in [5, 5.41) is 0. The molecule has 96 valence electrons. The Morgan fingerprint density at radius 1 is 1.35 bits per heavy atom. The van der Waals surface area contributed by atoms with Crippen molar-refractivity contribution in [2.24, 2.45) is 0 Å². The number of rotatable bonds is 6. The maximum absolute atomic E-state index is 10.9. The topological polar surface area (TPSA) is 25.2 Å². The highest BCUT2D eigenvalue weighted by Crippen LogP contribution is 2.19. The largest absolute Gasteiger partial charge is 0.344 e. The molecule has 0 aromatic carbocycles. The van der Waals surface area contributed by atoms with Gasteiger partial charge in [-0.15, -0.1) is 0 Å². The van der Waals surface area contributed by atoms with Crippen LogP contribution in [0.5, 0.6) is 0 Å². The predicted octanol–water partition coefficient (Wildman–Crippen LogP) is 2.82. The van der Waals surface area contributed by atoms with E-state index in [4.69, 9.17) is 0 Å². The Morgan fingerprint density at radius 2 is 1.94 bits per heavy atom. The fourth-order valence-electron chi connectivity index (χ4n) is 2.54. The first-order valence-electron chi connectivity index (χ1n) is 6.41. The average Bonchev–Trinajstić information content (AvgIpc) is 2.60. The van der Waals surface area contributed by atoms with E-state index in [1.54, 1.807) is 0 Å². The van der Waals surface area contributed by atoms with Crippen LogP contribution in [0.25, 0.3) is 0 Å². The smallest absolute Gasteiger partial charge is 0.151 e. The van der Waals surface area contributed by atoms with Gasteiger partial charge in [0.25, 0.3) is 0 Å².